The van der Waals surface area contributed by atoms with Crippen LogP contribution in [0.25, 0.3) is 0 Å². The predicted molar refractivity (Wildman–Crippen MR) is 33.2 cm³/mol. The lowest BCUT2D eigenvalue weighted by molar-refractivity contribution is 0.290. The molecule has 46 valence electrons. The minimum atomic E-state index is 0.221. The maximum Gasteiger partial charge on any atom is 0.0551 e. The Morgan fingerprint density at radius 1 is 1.38 bits per heavy atom. The van der Waals surface area contributed by atoms with Gasteiger partial charge < -0.3 is 10.8 Å². The van der Waals surface area contributed by atoms with Gasteiger partial charge in [0.1, 0.15) is 0 Å². The Balaban J connectivity index is 2.90. The highest BCUT2D eigenvalue weighted by Gasteiger charge is 1.74. The molecule has 0 radical (unpaired) electrons. The zero-order valence-corrected chi connectivity index (χ0v) is 4.85. The van der Waals surface area contributed by atoms with Crippen LogP contribution in [0.1, 0.15) is 12.8 Å². The number of rotatable bonds is 2. The molecule has 0 fully saturated rings. The van der Waals surface area contributed by atoms with E-state index in [1.807, 2.05) is 0 Å². The topological polar surface area (TPSA) is 46.2 Å². The smallest absolute Gasteiger partial charge is 0.0551 e. The summed E-state index contributed by atoms with van der Waals surface area (Å²) < 4.78 is 0. The molecule has 0 atom stereocenters. The Morgan fingerprint density at radius 3 is 2.62 bits per heavy atom. The Bertz CT molecular complexity index is 90.4. The Morgan fingerprint density at radius 2 is 2.12 bits per heavy atom. The molecule has 0 amide bonds. The van der Waals surface area contributed by atoms with E-state index in [-0.39, 0.29) is 6.61 Å². The molecular weight excluding hydrogens is 102 g/mol. The normalized spacial score (nSPS) is 7.75. The average Bonchev–Trinajstić information content (AvgIpc) is 1.81. The summed E-state index contributed by atoms with van der Waals surface area (Å²) in [5.74, 6) is 5.50. The maximum atomic E-state index is 8.27. The molecule has 0 aromatic carbocycles. The average molecular weight is 113 g/mol. The monoisotopic (exact) mass is 113 g/mol. The van der Waals surface area contributed by atoms with E-state index in [9.17, 15) is 0 Å². The quantitative estimate of drug-likeness (QED) is 0.382. The van der Waals surface area contributed by atoms with E-state index >= 15 is 0 Å². The summed E-state index contributed by atoms with van der Waals surface area (Å²) in [6.45, 7) is 0.644. The van der Waals surface area contributed by atoms with Gasteiger partial charge in [0.2, 0.25) is 0 Å². The van der Waals surface area contributed by atoms with Crippen LogP contribution in [-0.2, 0) is 0 Å². The zero-order valence-electron chi connectivity index (χ0n) is 4.85. The van der Waals surface area contributed by atoms with Gasteiger partial charge in [0.05, 0.1) is 6.54 Å². The molecule has 0 bridgehead atoms. The van der Waals surface area contributed by atoms with Gasteiger partial charge in [-0.2, -0.15) is 0 Å². The van der Waals surface area contributed by atoms with Crippen LogP contribution >= 0.6 is 0 Å². The number of aliphatic hydroxyl groups excluding tert-OH is 1. The van der Waals surface area contributed by atoms with Crippen molar-refractivity contribution < 1.29 is 5.11 Å². The van der Waals surface area contributed by atoms with Gasteiger partial charge in [-0.1, -0.05) is 5.92 Å². The third-order valence-corrected chi connectivity index (χ3v) is 0.687. The SMILES string of the molecule is NCC#CCCCO. The van der Waals surface area contributed by atoms with Crippen molar-refractivity contribution >= 4 is 0 Å². The van der Waals surface area contributed by atoms with Crippen molar-refractivity contribution in [2.24, 2.45) is 5.73 Å². The maximum absolute atomic E-state index is 8.27. The van der Waals surface area contributed by atoms with E-state index < -0.39 is 0 Å². The van der Waals surface area contributed by atoms with E-state index in [2.05, 4.69) is 11.8 Å². The van der Waals surface area contributed by atoms with Gasteiger partial charge >= 0.3 is 0 Å². The van der Waals surface area contributed by atoms with Gasteiger partial charge in [-0.15, -0.1) is 5.92 Å². The second-order valence-corrected chi connectivity index (χ2v) is 1.38. The second kappa shape index (κ2) is 6.48. The molecular formula is C6H11NO. The fourth-order valence-electron chi connectivity index (χ4n) is 0.328. The lowest BCUT2D eigenvalue weighted by atomic mass is 10.3. The van der Waals surface area contributed by atoms with Gasteiger partial charge in [-0.25, -0.2) is 0 Å². The Labute approximate surface area is 49.7 Å². The van der Waals surface area contributed by atoms with Crippen LogP contribution < -0.4 is 5.73 Å². The molecule has 0 heterocycles. The fraction of sp³-hybridized carbons (Fsp3) is 0.667. The lowest BCUT2D eigenvalue weighted by Gasteiger charge is -1.81. The van der Waals surface area contributed by atoms with Crippen LogP contribution in [-0.4, -0.2) is 18.3 Å². The summed E-state index contributed by atoms with van der Waals surface area (Å²) in [5.41, 5.74) is 5.07. The molecule has 3 N–H and O–H groups in total. The van der Waals surface area contributed by atoms with Crippen LogP contribution in [0, 0.1) is 11.8 Å². The van der Waals surface area contributed by atoms with Crippen LogP contribution in [0.15, 0.2) is 0 Å². The van der Waals surface area contributed by atoms with Crippen molar-refractivity contribution in [1.82, 2.24) is 0 Å². The summed E-state index contributed by atoms with van der Waals surface area (Å²) in [7, 11) is 0. The first-order chi connectivity index (χ1) is 3.91. The van der Waals surface area contributed by atoms with Gasteiger partial charge in [-0.3, -0.25) is 0 Å². The summed E-state index contributed by atoms with van der Waals surface area (Å²) in [5, 5.41) is 8.27. The van der Waals surface area contributed by atoms with E-state index in [1.54, 1.807) is 0 Å². The lowest BCUT2D eigenvalue weighted by Crippen LogP contribution is -1.92. The Hall–Kier alpha value is -0.520. The van der Waals surface area contributed by atoms with Crippen molar-refractivity contribution in [2.75, 3.05) is 13.2 Å². The predicted octanol–water partition coefficient (Wildman–Crippen LogP) is -0.279. The van der Waals surface area contributed by atoms with E-state index in [0.29, 0.717) is 6.54 Å². The second-order valence-electron chi connectivity index (χ2n) is 1.38. The van der Waals surface area contributed by atoms with Crippen molar-refractivity contribution in [2.45, 2.75) is 12.8 Å². The largest absolute Gasteiger partial charge is 0.396 e. The molecule has 0 aliphatic rings. The molecule has 0 spiro atoms. The van der Waals surface area contributed by atoms with Crippen LogP contribution in [0.3, 0.4) is 0 Å². The van der Waals surface area contributed by atoms with Crippen LogP contribution in [0.4, 0.5) is 0 Å². The molecule has 0 saturated carbocycles. The highest BCUT2D eigenvalue weighted by Crippen LogP contribution is 1.80. The highest BCUT2D eigenvalue weighted by atomic mass is 16.2. The first kappa shape index (κ1) is 7.48. The molecule has 0 aliphatic carbocycles. The van der Waals surface area contributed by atoms with Gasteiger partial charge in [0.25, 0.3) is 0 Å². The minimum Gasteiger partial charge on any atom is -0.396 e. The molecule has 0 aromatic heterocycles. The summed E-state index contributed by atoms with van der Waals surface area (Å²) >= 11 is 0. The third kappa shape index (κ3) is 5.48. The molecule has 2 heteroatoms. The van der Waals surface area contributed by atoms with Crippen LogP contribution in [0.2, 0.25) is 0 Å². The zero-order chi connectivity index (χ0) is 6.24. The van der Waals surface area contributed by atoms with Gasteiger partial charge in [-0.05, 0) is 6.42 Å². The van der Waals surface area contributed by atoms with Crippen molar-refractivity contribution in [1.29, 1.82) is 0 Å². The molecule has 0 unspecified atom stereocenters. The number of unbranched alkanes of at least 4 members (excludes halogenated alkanes) is 1. The number of hydrogen-bond donors (Lipinski definition) is 2. The van der Waals surface area contributed by atoms with Gasteiger partial charge in [0.15, 0.2) is 0 Å². The van der Waals surface area contributed by atoms with E-state index in [4.69, 9.17) is 10.8 Å². The highest BCUT2D eigenvalue weighted by molar-refractivity contribution is 4.99. The molecule has 0 saturated heterocycles. The number of nitrogens with two attached hydrogens (primary N) is 1. The summed E-state index contributed by atoms with van der Waals surface area (Å²) in [4.78, 5) is 0. The standard InChI is InChI=1S/C6H11NO/c7-5-3-1-2-4-6-8/h8H,2,4-7H2. The molecule has 0 aliphatic heterocycles. The van der Waals surface area contributed by atoms with Crippen molar-refractivity contribution in [3.8, 4) is 11.8 Å². The fourth-order valence-corrected chi connectivity index (χ4v) is 0.328. The molecule has 0 aromatic rings. The van der Waals surface area contributed by atoms with E-state index in [0.717, 1.165) is 12.8 Å². The van der Waals surface area contributed by atoms with Crippen molar-refractivity contribution in [3.05, 3.63) is 0 Å². The number of aliphatic hydroxyl groups is 1. The summed E-state index contributed by atoms with van der Waals surface area (Å²) in [6.07, 6.45) is 1.51. The van der Waals surface area contributed by atoms with E-state index in [1.165, 1.54) is 0 Å². The summed E-state index contributed by atoms with van der Waals surface area (Å²) in [6, 6.07) is 0. The van der Waals surface area contributed by atoms with Crippen molar-refractivity contribution in [3.63, 3.8) is 0 Å². The molecule has 2 nitrogen and oxygen atoms in total. The molecule has 0 rings (SSSR count). The number of hydrogen-bond acceptors (Lipinski definition) is 2. The first-order valence-corrected chi connectivity index (χ1v) is 2.68. The Kier molecular flexibility index (Phi) is 6.06. The molecule has 8 heavy (non-hydrogen) atoms. The minimum absolute atomic E-state index is 0.221. The first-order valence-electron chi connectivity index (χ1n) is 2.68. The van der Waals surface area contributed by atoms with Gasteiger partial charge in [0, 0.05) is 13.0 Å². The third-order valence-electron chi connectivity index (χ3n) is 0.687. The van der Waals surface area contributed by atoms with Crippen LogP contribution in [0.5, 0.6) is 0 Å².